The minimum Gasteiger partial charge on any atom is -0.285 e. The molecule has 0 spiro atoms. The monoisotopic (exact) mass is 165 g/mol. The summed E-state index contributed by atoms with van der Waals surface area (Å²) < 4.78 is 0. The average molecular weight is 165 g/mol. The molecule has 2 heteroatoms. The Kier molecular flexibility index (Phi) is 3.05. The van der Waals surface area contributed by atoms with Gasteiger partial charge in [-0.1, -0.05) is 6.08 Å². The molecule has 0 fully saturated rings. The van der Waals surface area contributed by atoms with Crippen LogP contribution in [0.25, 0.3) is 0 Å². The quantitative estimate of drug-likeness (QED) is 0.482. The Morgan fingerprint density at radius 1 is 1.82 bits per heavy atom. The maximum atomic E-state index is 4.29. The molecule has 0 unspecified atom stereocenters. The maximum absolute atomic E-state index is 4.29. The topological polar surface area (TPSA) is 12.4 Å². The van der Waals surface area contributed by atoms with Gasteiger partial charge >= 0.3 is 0 Å². The maximum Gasteiger partial charge on any atom is 0.0571 e. The van der Waals surface area contributed by atoms with E-state index >= 15 is 0 Å². The number of hydrogen-bond donors (Lipinski definition) is 0. The molecule has 0 saturated carbocycles. The molecule has 0 amide bonds. The lowest BCUT2D eigenvalue weighted by molar-refractivity contribution is 1.24. The van der Waals surface area contributed by atoms with E-state index in [0.717, 1.165) is 5.71 Å². The van der Waals surface area contributed by atoms with Crippen LogP contribution in [0.4, 0.5) is 0 Å². The largest absolute Gasteiger partial charge is 0.285 e. The van der Waals surface area contributed by atoms with E-state index in [2.05, 4.69) is 28.4 Å². The van der Waals surface area contributed by atoms with Crippen LogP contribution in [0.15, 0.2) is 34.5 Å². The fourth-order valence-corrected chi connectivity index (χ4v) is 1.46. The Morgan fingerprint density at radius 3 is 3.18 bits per heavy atom. The summed E-state index contributed by atoms with van der Waals surface area (Å²) >= 11 is 1.69. The summed E-state index contributed by atoms with van der Waals surface area (Å²) in [6, 6.07) is 2.08. The van der Waals surface area contributed by atoms with Crippen molar-refractivity contribution in [1.29, 1.82) is 0 Å². The fraction of sp³-hybridized carbons (Fsp3) is 0.222. The lowest BCUT2D eigenvalue weighted by Crippen LogP contribution is -1.91. The van der Waals surface area contributed by atoms with Gasteiger partial charge in [0.05, 0.1) is 6.54 Å². The predicted octanol–water partition coefficient (Wildman–Crippen LogP) is 2.74. The molecule has 0 aliphatic carbocycles. The predicted molar refractivity (Wildman–Crippen MR) is 51.6 cm³/mol. The van der Waals surface area contributed by atoms with E-state index in [1.165, 1.54) is 5.56 Å². The summed E-state index contributed by atoms with van der Waals surface area (Å²) in [5.74, 6) is 0. The highest BCUT2D eigenvalue weighted by Crippen LogP contribution is 2.06. The number of aliphatic imine (C=N–C) groups is 1. The summed E-state index contributed by atoms with van der Waals surface area (Å²) in [4.78, 5) is 4.29. The Labute approximate surface area is 71.1 Å². The number of hydrogen-bond acceptors (Lipinski definition) is 2. The molecule has 0 bridgehead atoms. The molecule has 11 heavy (non-hydrogen) atoms. The zero-order valence-electron chi connectivity index (χ0n) is 6.58. The third kappa shape index (κ3) is 2.31. The first-order chi connectivity index (χ1) is 5.34. The molecule has 1 aromatic heterocycles. The molecule has 0 saturated heterocycles. The van der Waals surface area contributed by atoms with Gasteiger partial charge in [0.25, 0.3) is 0 Å². The van der Waals surface area contributed by atoms with Gasteiger partial charge in [-0.15, -0.1) is 6.58 Å². The fourth-order valence-electron chi connectivity index (χ4n) is 0.763. The molecule has 0 aliphatic rings. The van der Waals surface area contributed by atoms with Crippen LogP contribution in [-0.2, 0) is 0 Å². The van der Waals surface area contributed by atoms with E-state index < -0.39 is 0 Å². The van der Waals surface area contributed by atoms with E-state index in [1.807, 2.05) is 6.92 Å². The lowest BCUT2D eigenvalue weighted by atomic mass is 10.2. The van der Waals surface area contributed by atoms with E-state index in [0.29, 0.717) is 6.54 Å². The van der Waals surface area contributed by atoms with Crippen LogP contribution < -0.4 is 0 Å². The Bertz CT molecular complexity index is 247. The molecule has 0 aliphatic heterocycles. The molecule has 1 heterocycles. The molecular formula is C9H11NS. The van der Waals surface area contributed by atoms with Crippen LogP contribution in [0.2, 0.25) is 0 Å². The van der Waals surface area contributed by atoms with Crippen molar-refractivity contribution in [2.75, 3.05) is 6.54 Å². The number of thiophene rings is 1. The van der Waals surface area contributed by atoms with Crippen LogP contribution in [0.3, 0.4) is 0 Å². The molecule has 58 valence electrons. The van der Waals surface area contributed by atoms with Gasteiger partial charge in [-0.3, -0.25) is 4.99 Å². The standard InChI is InChI=1S/C9H11NS/c1-3-5-10-8(2)9-4-6-11-7-9/h3-4,6-7H,1,5H2,2H3. The molecular weight excluding hydrogens is 154 g/mol. The second kappa shape index (κ2) is 4.09. The first-order valence-electron chi connectivity index (χ1n) is 3.49. The van der Waals surface area contributed by atoms with Gasteiger partial charge in [0.2, 0.25) is 0 Å². The second-order valence-electron chi connectivity index (χ2n) is 2.23. The third-order valence-electron chi connectivity index (χ3n) is 1.40. The van der Waals surface area contributed by atoms with Crippen molar-refractivity contribution in [3.63, 3.8) is 0 Å². The van der Waals surface area contributed by atoms with Crippen molar-refractivity contribution in [3.05, 3.63) is 35.0 Å². The van der Waals surface area contributed by atoms with E-state index in [9.17, 15) is 0 Å². The van der Waals surface area contributed by atoms with Crippen LogP contribution in [0.1, 0.15) is 12.5 Å². The molecule has 1 aromatic rings. The molecule has 0 aromatic carbocycles. The van der Waals surface area contributed by atoms with Gasteiger partial charge in [0.1, 0.15) is 0 Å². The first-order valence-corrected chi connectivity index (χ1v) is 4.43. The normalized spacial score (nSPS) is 11.5. The van der Waals surface area contributed by atoms with E-state index in [-0.39, 0.29) is 0 Å². The minimum atomic E-state index is 0.710. The van der Waals surface area contributed by atoms with Gasteiger partial charge in [-0.2, -0.15) is 11.3 Å². The smallest absolute Gasteiger partial charge is 0.0571 e. The summed E-state index contributed by atoms with van der Waals surface area (Å²) in [6.45, 7) is 6.34. The highest BCUT2D eigenvalue weighted by Gasteiger charge is 1.94. The van der Waals surface area contributed by atoms with Crippen LogP contribution in [0, 0.1) is 0 Å². The summed E-state index contributed by atoms with van der Waals surface area (Å²) in [5, 5.41) is 4.16. The number of nitrogens with zero attached hydrogens (tertiary/aromatic N) is 1. The molecule has 0 atom stereocenters. The molecule has 0 radical (unpaired) electrons. The van der Waals surface area contributed by atoms with Crippen molar-refractivity contribution in [1.82, 2.24) is 0 Å². The van der Waals surface area contributed by atoms with Gasteiger partial charge in [-0.05, 0) is 23.8 Å². The van der Waals surface area contributed by atoms with Crippen LogP contribution in [-0.4, -0.2) is 12.3 Å². The number of rotatable bonds is 3. The van der Waals surface area contributed by atoms with Gasteiger partial charge in [0, 0.05) is 11.3 Å². The Hall–Kier alpha value is -0.890. The van der Waals surface area contributed by atoms with E-state index in [1.54, 1.807) is 17.4 Å². The van der Waals surface area contributed by atoms with Gasteiger partial charge < -0.3 is 0 Å². The van der Waals surface area contributed by atoms with Crippen LogP contribution in [0.5, 0.6) is 0 Å². The highest BCUT2D eigenvalue weighted by molar-refractivity contribution is 7.08. The lowest BCUT2D eigenvalue weighted by Gasteiger charge is -1.93. The molecule has 1 nitrogen and oxygen atoms in total. The van der Waals surface area contributed by atoms with Crippen molar-refractivity contribution < 1.29 is 0 Å². The zero-order chi connectivity index (χ0) is 8.10. The van der Waals surface area contributed by atoms with E-state index in [4.69, 9.17) is 0 Å². The van der Waals surface area contributed by atoms with Gasteiger partial charge in [0.15, 0.2) is 0 Å². The average Bonchev–Trinajstić information content (AvgIpc) is 2.52. The SMILES string of the molecule is C=CCN=C(C)c1ccsc1. The Morgan fingerprint density at radius 2 is 2.64 bits per heavy atom. The Balaban J connectivity index is 2.68. The third-order valence-corrected chi connectivity index (χ3v) is 2.08. The molecule has 1 rings (SSSR count). The highest BCUT2D eigenvalue weighted by atomic mass is 32.1. The van der Waals surface area contributed by atoms with Crippen molar-refractivity contribution in [2.45, 2.75) is 6.92 Å². The zero-order valence-corrected chi connectivity index (χ0v) is 7.40. The van der Waals surface area contributed by atoms with Crippen LogP contribution >= 0.6 is 11.3 Å². The summed E-state index contributed by atoms with van der Waals surface area (Å²) in [6.07, 6.45) is 1.80. The first kappa shape index (κ1) is 8.21. The van der Waals surface area contributed by atoms with Gasteiger partial charge in [-0.25, -0.2) is 0 Å². The second-order valence-corrected chi connectivity index (χ2v) is 3.01. The van der Waals surface area contributed by atoms with Crippen molar-refractivity contribution >= 4 is 17.0 Å². The van der Waals surface area contributed by atoms with Crippen molar-refractivity contribution in [3.8, 4) is 0 Å². The summed E-state index contributed by atoms with van der Waals surface area (Å²) in [5.41, 5.74) is 2.31. The summed E-state index contributed by atoms with van der Waals surface area (Å²) in [7, 11) is 0. The minimum absolute atomic E-state index is 0.710. The molecule has 0 N–H and O–H groups in total. The van der Waals surface area contributed by atoms with Crippen molar-refractivity contribution in [2.24, 2.45) is 4.99 Å².